The minimum absolute atomic E-state index is 0.0521. The van der Waals surface area contributed by atoms with E-state index in [1.165, 1.54) is 39.7 Å². The summed E-state index contributed by atoms with van der Waals surface area (Å²) < 4.78 is 42.4. The van der Waals surface area contributed by atoms with E-state index >= 15 is 0 Å². The fourth-order valence-corrected chi connectivity index (χ4v) is 4.65. The molecule has 4 rings (SSSR count). The van der Waals surface area contributed by atoms with Crippen molar-refractivity contribution in [3.63, 3.8) is 0 Å². The highest BCUT2D eigenvalue weighted by atomic mass is 35.5. The summed E-state index contributed by atoms with van der Waals surface area (Å²) in [5, 5.41) is 13.2. The van der Waals surface area contributed by atoms with Crippen molar-refractivity contribution in [3.8, 4) is 17.0 Å². The average molecular weight is 428 g/mol. The van der Waals surface area contributed by atoms with Crippen molar-refractivity contribution in [2.75, 3.05) is 0 Å². The molecule has 10 heteroatoms. The third kappa shape index (κ3) is 2.98. The maximum atomic E-state index is 13.2. The molecule has 0 amide bonds. The normalized spacial score (nSPS) is 16.4. The number of rotatable bonds is 2. The first kappa shape index (κ1) is 18.9. The molecule has 0 bridgehead atoms. The fourth-order valence-electron chi connectivity index (χ4n) is 3.57. The van der Waals surface area contributed by atoms with E-state index in [1.807, 2.05) is 0 Å². The molecule has 1 aliphatic rings. The Labute approximate surface area is 166 Å². The van der Waals surface area contributed by atoms with Crippen molar-refractivity contribution in [1.29, 1.82) is 0 Å². The molecular weight excluding hydrogens is 415 g/mol. The van der Waals surface area contributed by atoms with E-state index in [0.29, 0.717) is 23.1 Å². The van der Waals surface area contributed by atoms with E-state index in [-0.39, 0.29) is 17.2 Å². The lowest BCUT2D eigenvalue weighted by Gasteiger charge is -2.20. The van der Waals surface area contributed by atoms with Gasteiger partial charge in [0.2, 0.25) is 0 Å². The molecule has 2 aromatic heterocycles. The molecule has 0 unspecified atom stereocenters. The quantitative estimate of drug-likeness (QED) is 0.590. The number of fused-ring (bicyclic) bond motifs is 1. The van der Waals surface area contributed by atoms with Crippen LogP contribution in [0.3, 0.4) is 0 Å². The molecule has 0 fully saturated rings. The Hall–Kier alpha value is -2.39. The lowest BCUT2D eigenvalue weighted by Crippen LogP contribution is -2.47. The second-order valence-corrected chi connectivity index (χ2v) is 8.12. The lowest BCUT2D eigenvalue weighted by atomic mass is 10.0. The average Bonchev–Trinajstić information content (AvgIpc) is 3.26. The molecule has 3 aromatic rings. The fraction of sp³-hybridized carbons (Fsp3) is 0.278. The van der Waals surface area contributed by atoms with E-state index in [0.717, 1.165) is 17.0 Å². The highest BCUT2D eigenvalue weighted by molar-refractivity contribution is 7.15. The van der Waals surface area contributed by atoms with Gasteiger partial charge in [-0.05, 0) is 17.7 Å². The largest absolute Gasteiger partial charge is 0.842 e. The van der Waals surface area contributed by atoms with Crippen molar-refractivity contribution in [2.45, 2.75) is 25.1 Å². The van der Waals surface area contributed by atoms with Gasteiger partial charge < -0.3 is 5.11 Å². The van der Waals surface area contributed by atoms with Crippen LogP contribution in [-0.2, 0) is 19.6 Å². The van der Waals surface area contributed by atoms with Crippen LogP contribution in [0.2, 0.25) is 4.47 Å². The van der Waals surface area contributed by atoms with Crippen molar-refractivity contribution >= 4 is 22.9 Å². The van der Waals surface area contributed by atoms with Gasteiger partial charge in [0, 0.05) is 12.6 Å². The summed E-state index contributed by atoms with van der Waals surface area (Å²) in [5.41, 5.74) is -1.86. The number of benzene rings is 1. The smallest absolute Gasteiger partial charge is 0.416 e. The van der Waals surface area contributed by atoms with Gasteiger partial charge in [-0.2, -0.15) is 17.7 Å². The Balaban J connectivity index is 1.94. The Kier molecular flexibility index (Phi) is 4.46. The highest BCUT2D eigenvalue weighted by Gasteiger charge is 2.37. The van der Waals surface area contributed by atoms with Crippen LogP contribution in [0.1, 0.15) is 28.7 Å². The SMILES string of the molecule is Cn1c2[n+](c([O-])c(-c3cccc(C(F)(F)F)c3)c1=O)[C@H](c1cnc(Cl)s1)CC2. The maximum Gasteiger partial charge on any atom is 0.416 e. The molecule has 5 nitrogen and oxygen atoms in total. The number of hydrogen-bond donors (Lipinski definition) is 0. The summed E-state index contributed by atoms with van der Waals surface area (Å²) in [6, 6.07) is 3.91. The molecule has 3 heterocycles. The standard InChI is InChI=1S/C18H13ClF3N3O2S/c1-24-13-6-5-11(12-8-23-17(19)28-12)25(13)16(27)14(15(24)26)9-3-2-4-10(7-9)18(20,21)22/h2-4,7-8,11H,5-6H2,1H3/t11-/m0/s1. The topological polar surface area (TPSA) is 61.8 Å². The van der Waals surface area contributed by atoms with Crippen LogP contribution in [0, 0.1) is 0 Å². The third-order valence-electron chi connectivity index (χ3n) is 4.87. The second-order valence-electron chi connectivity index (χ2n) is 6.48. The van der Waals surface area contributed by atoms with Gasteiger partial charge in [0.25, 0.3) is 5.82 Å². The zero-order chi connectivity index (χ0) is 20.2. The number of hydrogen-bond acceptors (Lipinski definition) is 4. The maximum absolute atomic E-state index is 13.2. The number of aromatic nitrogens is 3. The molecule has 146 valence electrons. The van der Waals surface area contributed by atoms with E-state index < -0.39 is 23.2 Å². The summed E-state index contributed by atoms with van der Waals surface area (Å²) in [7, 11) is 1.52. The Morgan fingerprint density at radius 2 is 2.14 bits per heavy atom. The Bertz CT molecular complexity index is 1140. The van der Waals surface area contributed by atoms with E-state index in [9.17, 15) is 23.1 Å². The summed E-state index contributed by atoms with van der Waals surface area (Å²) >= 11 is 7.14. The van der Waals surface area contributed by atoms with Crippen LogP contribution in [-0.4, -0.2) is 9.55 Å². The van der Waals surface area contributed by atoms with Crippen LogP contribution in [0.15, 0.2) is 35.3 Å². The van der Waals surface area contributed by atoms with Crippen LogP contribution in [0.25, 0.3) is 11.1 Å². The van der Waals surface area contributed by atoms with Crippen molar-refractivity contribution in [1.82, 2.24) is 9.55 Å². The molecule has 0 saturated heterocycles. The van der Waals surface area contributed by atoms with Gasteiger partial charge in [0.15, 0.2) is 4.47 Å². The molecule has 1 atom stereocenters. The van der Waals surface area contributed by atoms with Gasteiger partial charge >= 0.3 is 11.7 Å². The van der Waals surface area contributed by atoms with Crippen LogP contribution in [0.5, 0.6) is 5.88 Å². The number of nitrogens with zero attached hydrogens (tertiary/aromatic N) is 3. The first-order valence-corrected chi connectivity index (χ1v) is 9.51. The molecule has 0 spiro atoms. The third-order valence-corrected chi connectivity index (χ3v) is 6.09. The van der Waals surface area contributed by atoms with Gasteiger partial charge in [-0.25, -0.2) is 14.3 Å². The zero-order valence-electron chi connectivity index (χ0n) is 14.5. The second kappa shape index (κ2) is 6.59. The van der Waals surface area contributed by atoms with Gasteiger partial charge in [-0.3, -0.25) is 0 Å². The van der Waals surface area contributed by atoms with Gasteiger partial charge in [0.1, 0.15) is 11.6 Å². The van der Waals surface area contributed by atoms with E-state index in [2.05, 4.69) is 4.98 Å². The summed E-state index contributed by atoms with van der Waals surface area (Å²) in [4.78, 5) is 17.6. The highest BCUT2D eigenvalue weighted by Crippen LogP contribution is 2.35. The number of thiazole rings is 1. The van der Waals surface area contributed by atoms with Gasteiger partial charge in [-0.15, -0.1) is 11.3 Å². The molecule has 28 heavy (non-hydrogen) atoms. The summed E-state index contributed by atoms with van der Waals surface area (Å²) in [6.45, 7) is 0. The predicted molar refractivity (Wildman–Crippen MR) is 95.3 cm³/mol. The Morgan fingerprint density at radius 3 is 2.79 bits per heavy atom. The molecular formula is C18H13ClF3N3O2S. The molecule has 0 saturated carbocycles. The minimum Gasteiger partial charge on any atom is -0.842 e. The first-order chi connectivity index (χ1) is 13.2. The van der Waals surface area contributed by atoms with Crippen LogP contribution in [0.4, 0.5) is 13.2 Å². The zero-order valence-corrected chi connectivity index (χ0v) is 16.0. The minimum atomic E-state index is -4.57. The van der Waals surface area contributed by atoms with Crippen molar-refractivity contribution < 1.29 is 22.8 Å². The first-order valence-electron chi connectivity index (χ1n) is 8.31. The molecule has 1 aromatic carbocycles. The van der Waals surface area contributed by atoms with Gasteiger partial charge in [0.05, 0.1) is 29.8 Å². The molecule has 0 N–H and O–H groups in total. The van der Waals surface area contributed by atoms with Crippen LogP contribution >= 0.6 is 22.9 Å². The summed E-state index contributed by atoms with van der Waals surface area (Å²) in [6.07, 6.45) is -1.93. The lowest BCUT2D eigenvalue weighted by molar-refractivity contribution is -0.747. The summed E-state index contributed by atoms with van der Waals surface area (Å²) in [5.74, 6) is -0.0790. The number of alkyl halides is 3. The van der Waals surface area contributed by atoms with Crippen molar-refractivity contribution in [2.24, 2.45) is 7.05 Å². The molecule has 1 aliphatic heterocycles. The predicted octanol–water partition coefficient (Wildman–Crippen LogP) is 3.08. The molecule has 0 aliphatic carbocycles. The molecule has 0 radical (unpaired) electrons. The number of halogens is 4. The van der Waals surface area contributed by atoms with E-state index in [4.69, 9.17) is 11.6 Å². The van der Waals surface area contributed by atoms with Gasteiger partial charge in [-0.1, -0.05) is 23.7 Å². The van der Waals surface area contributed by atoms with Crippen LogP contribution < -0.4 is 15.2 Å². The van der Waals surface area contributed by atoms with E-state index in [1.54, 1.807) is 6.20 Å². The Morgan fingerprint density at radius 1 is 1.39 bits per heavy atom. The monoisotopic (exact) mass is 427 g/mol. The van der Waals surface area contributed by atoms with Crippen molar-refractivity contribution in [3.05, 3.63) is 61.5 Å².